The second-order valence-electron chi connectivity index (χ2n) is 7.47. The number of aromatic nitrogens is 4. The van der Waals surface area contributed by atoms with Crippen molar-refractivity contribution in [3.63, 3.8) is 0 Å². The van der Waals surface area contributed by atoms with Crippen LogP contribution >= 0.6 is 34.4 Å². The van der Waals surface area contributed by atoms with Gasteiger partial charge in [0.1, 0.15) is 11.6 Å². The predicted octanol–water partition coefficient (Wildman–Crippen LogP) is 5.84. The van der Waals surface area contributed by atoms with Crippen molar-refractivity contribution in [1.29, 1.82) is 0 Å². The molecule has 4 aromatic rings. The monoisotopic (exact) mass is 485 g/mol. The molecular weight excluding hydrogens is 465 g/mol. The van der Waals surface area contributed by atoms with E-state index in [2.05, 4.69) is 37.3 Å². The van der Waals surface area contributed by atoms with Crippen LogP contribution in [0.2, 0.25) is 0 Å². The van der Waals surface area contributed by atoms with Crippen molar-refractivity contribution in [3.05, 3.63) is 69.4 Å². The number of para-hydroxylation sites is 1. The first-order valence-electron chi connectivity index (χ1n) is 10.2. The summed E-state index contributed by atoms with van der Waals surface area (Å²) < 4.78 is 16.6. The van der Waals surface area contributed by atoms with Gasteiger partial charge < -0.3 is 4.57 Å². The molecular formula is C22H20FN5OS3. The summed E-state index contributed by atoms with van der Waals surface area (Å²) in [5.74, 6) is 0.863. The number of amides is 1. The maximum atomic E-state index is 14.3. The van der Waals surface area contributed by atoms with Gasteiger partial charge in [-0.05, 0) is 36.4 Å². The summed E-state index contributed by atoms with van der Waals surface area (Å²) in [4.78, 5) is 19.4. The third-order valence-corrected chi connectivity index (χ3v) is 7.78. The van der Waals surface area contributed by atoms with Gasteiger partial charge in [-0.1, -0.05) is 30.0 Å². The van der Waals surface area contributed by atoms with Crippen molar-refractivity contribution >= 4 is 51.2 Å². The highest BCUT2D eigenvalue weighted by molar-refractivity contribution is 7.98. The van der Waals surface area contributed by atoms with Crippen molar-refractivity contribution in [2.24, 2.45) is 0 Å². The molecule has 0 radical (unpaired) electrons. The molecule has 3 aromatic heterocycles. The van der Waals surface area contributed by atoms with Crippen LogP contribution in [0.4, 0.5) is 15.2 Å². The summed E-state index contributed by atoms with van der Waals surface area (Å²) in [5.41, 5.74) is 1.03. The topological polar surface area (TPSA) is 63.9 Å². The van der Waals surface area contributed by atoms with Crippen molar-refractivity contribution in [2.45, 2.75) is 43.1 Å². The van der Waals surface area contributed by atoms with Crippen molar-refractivity contribution in [1.82, 2.24) is 19.7 Å². The maximum Gasteiger partial charge on any atom is 0.230 e. The number of rotatable bonds is 8. The van der Waals surface area contributed by atoms with Crippen molar-refractivity contribution in [2.75, 3.05) is 4.90 Å². The van der Waals surface area contributed by atoms with Gasteiger partial charge in [0.05, 0.1) is 11.4 Å². The predicted molar refractivity (Wildman–Crippen MR) is 126 cm³/mol. The Hall–Kier alpha value is -2.56. The van der Waals surface area contributed by atoms with Crippen molar-refractivity contribution in [3.8, 4) is 0 Å². The van der Waals surface area contributed by atoms with Crippen LogP contribution in [-0.2, 0) is 17.0 Å². The number of thiazole rings is 1. The minimum absolute atomic E-state index is 0.209. The van der Waals surface area contributed by atoms with Crippen LogP contribution in [0, 0.1) is 5.82 Å². The lowest BCUT2D eigenvalue weighted by Crippen LogP contribution is -2.23. The van der Waals surface area contributed by atoms with Gasteiger partial charge in [0, 0.05) is 35.4 Å². The number of carbonyl (C=O) groups is 1. The molecule has 1 aliphatic rings. The fourth-order valence-electron chi connectivity index (χ4n) is 3.44. The Morgan fingerprint density at radius 1 is 1.22 bits per heavy atom. The minimum Gasteiger partial charge on any atom is -0.303 e. The molecule has 32 heavy (non-hydrogen) atoms. The molecule has 1 amide bonds. The Kier molecular flexibility index (Phi) is 6.07. The van der Waals surface area contributed by atoms with E-state index in [1.54, 1.807) is 41.3 Å². The Balaban J connectivity index is 1.33. The van der Waals surface area contributed by atoms with E-state index in [9.17, 15) is 9.18 Å². The molecule has 164 valence electrons. The third kappa shape index (κ3) is 4.48. The zero-order valence-corrected chi connectivity index (χ0v) is 19.7. The van der Waals surface area contributed by atoms with Crippen LogP contribution in [-0.4, -0.2) is 25.7 Å². The van der Waals surface area contributed by atoms with Gasteiger partial charge in [0.15, 0.2) is 10.3 Å². The van der Waals surface area contributed by atoms with Gasteiger partial charge >= 0.3 is 0 Å². The molecule has 1 aliphatic carbocycles. The summed E-state index contributed by atoms with van der Waals surface area (Å²) in [7, 11) is 0. The van der Waals surface area contributed by atoms with Gasteiger partial charge in [-0.25, -0.2) is 9.37 Å². The lowest BCUT2D eigenvalue weighted by Gasteiger charge is -2.18. The largest absolute Gasteiger partial charge is 0.303 e. The molecule has 3 heterocycles. The number of thiophene rings is 1. The molecule has 0 atom stereocenters. The van der Waals surface area contributed by atoms with Crippen LogP contribution < -0.4 is 4.90 Å². The summed E-state index contributed by atoms with van der Waals surface area (Å²) in [6.45, 7) is 1.41. The quantitative estimate of drug-likeness (QED) is 0.294. The Labute approximate surface area is 197 Å². The number of thioether (sulfide) groups is 1. The van der Waals surface area contributed by atoms with E-state index in [4.69, 9.17) is 0 Å². The lowest BCUT2D eigenvalue weighted by molar-refractivity contribution is -0.115. The normalized spacial score (nSPS) is 13.4. The van der Waals surface area contributed by atoms with Gasteiger partial charge in [-0.3, -0.25) is 9.69 Å². The van der Waals surface area contributed by atoms with Crippen LogP contribution in [0.25, 0.3) is 0 Å². The molecule has 6 nitrogen and oxygen atoms in total. The molecule has 0 aliphatic heterocycles. The molecule has 0 saturated heterocycles. The van der Waals surface area contributed by atoms with Crippen LogP contribution in [0.3, 0.4) is 0 Å². The standard InChI is InChI=1S/C22H20FN5OS3/c1-14(29)27(19-7-3-2-6-18(19)23)21-24-15(12-31-21)13-32-22-26-25-20(28(22)16-8-9-16)11-17-5-4-10-30-17/h2-7,10,12,16H,8-9,11,13H2,1H3. The van der Waals surface area contributed by atoms with Gasteiger partial charge in [-0.2, -0.15) is 0 Å². The van der Waals surface area contributed by atoms with Crippen LogP contribution in [0.5, 0.6) is 0 Å². The Morgan fingerprint density at radius 2 is 2.06 bits per heavy atom. The molecule has 1 aromatic carbocycles. The highest BCUT2D eigenvalue weighted by atomic mass is 32.2. The highest BCUT2D eigenvalue weighted by Crippen LogP contribution is 2.40. The summed E-state index contributed by atoms with van der Waals surface area (Å²) in [6, 6.07) is 10.9. The fourth-order valence-corrected chi connectivity index (χ4v) is 6.04. The molecule has 1 fully saturated rings. The highest BCUT2D eigenvalue weighted by Gasteiger charge is 2.30. The summed E-state index contributed by atoms with van der Waals surface area (Å²) in [6.07, 6.45) is 3.10. The summed E-state index contributed by atoms with van der Waals surface area (Å²) in [5, 5.41) is 14.2. The van der Waals surface area contributed by atoms with Crippen LogP contribution in [0.15, 0.2) is 52.3 Å². The van der Waals surface area contributed by atoms with E-state index in [0.717, 1.165) is 35.9 Å². The molecule has 0 unspecified atom stereocenters. The number of hydrogen-bond donors (Lipinski definition) is 0. The molecule has 0 spiro atoms. The first-order chi connectivity index (χ1) is 15.6. The zero-order chi connectivity index (χ0) is 22.1. The average Bonchev–Trinajstić information content (AvgIpc) is 3.15. The molecule has 0 N–H and O–H groups in total. The average molecular weight is 486 g/mol. The first kappa shape index (κ1) is 21.3. The van der Waals surface area contributed by atoms with E-state index < -0.39 is 5.82 Å². The number of anilines is 2. The van der Waals surface area contributed by atoms with Crippen LogP contribution in [0.1, 0.15) is 42.2 Å². The minimum atomic E-state index is -0.454. The number of carbonyl (C=O) groups excluding carboxylic acids is 1. The second-order valence-corrected chi connectivity index (χ2v) is 10.3. The molecule has 1 saturated carbocycles. The van der Waals surface area contributed by atoms with E-state index in [-0.39, 0.29) is 11.6 Å². The van der Waals surface area contributed by atoms with Gasteiger partial charge in [0.2, 0.25) is 5.91 Å². The second kappa shape index (κ2) is 9.13. The smallest absolute Gasteiger partial charge is 0.230 e. The number of hydrogen-bond acceptors (Lipinski definition) is 7. The van der Waals surface area contributed by atoms with E-state index in [0.29, 0.717) is 16.9 Å². The molecule has 0 bridgehead atoms. The number of nitrogens with zero attached hydrogens (tertiary/aromatic N) is 5. The van der Waals surface area contributed by atoms with Gasteiger partial charge in [0.25, 0.3) is 0 Å². The van der Waals surface area contributed by atoms with E-state index in [1.807, 2.05) is 5.38 Å². The summed E-state index contributed by atoms with van der Waals surface area (Å²) >= 11 is 4.65. The Bertz CT molecular complexity index is 1230. The lowest BCUT2D eigenvalue weighted by atomic mass is 10.3. The number of benzene rings is 1. The van der Waals surface area contributed by atoms with Gasteiger partial charge in [-0.15, -0.1) is 32.9 Å². The maximum absolute atomic E-state index is 14.3. The fraction of sp³-hybridized carbons (Fsp3) is 0.273. The van der Waals surface area contributed by atoms with E-state index >= 15 is 0 Å². The molecule has 10 heteroatoms. The Morgan fingerprint density at radius 3 is 2.78 bits per heavy atom. The van der Waals surface area contributed by atoms with E-state index in [1.165, 1.54) is 34.1 Å². The third-order valence-electron chi connectivity index (χ3n) is 5.05. The number of halogens is 1. The SMILES string of the molecule is CC(=O)N(c1nc(CSc2nnc(Cc3cccs3)n2C2CC2)cs1)c1ccccc1F. The van der Waals surface area contributed by atoms with Crippen molar-refractivity contribution < 1.29 is 9.18 Å². The molecule has 5 rings (SSSR count). The zero-order valence-electron chi connectivity index (χ0n) is 17.3. The first-order valence-corrected chi connectivity index (χ1v) is 12.9.